The van der Waals surface area contributed by atoms with Crippen LogP contribution in [0.25, 0.3) is 0 Å². The molecule has 0 bridgehead atoms. The average molecular weight is 349 g/mol. The second-order valence-corrected chi connectivity index (χ2v) is 4.84. The Morgan fingerprint density at radius 3 is 2.29 bits per heavy atom. The molecule has 0 N–H and O–H groups in total. The topological polar surface area (TPSA) is 38.8 Å². The van der Waals surface area contributed by atoms with E-state index in [1.165, 1.54) is 0 Å². The molecule has 5 heteroatoms. The summed E-state index contributed by atoms with van der Waals surface area (Å²) in [6.07, 6.45) is -0.396. The lowest BCUT2D eigenvalue weighted by molar-refractivity contribution is -0.110. The Hall–Kier alpha value is -0.660. The normalized spacial score (nSPS) is 10.6. The highest BCUT2D eigenvalue weighted by atomic mass is 127. The zero-order chi connectivity index (χ0) is 12.8. The average Bonchev–Trinajstić information content (AvgIpc) is 2.35. The summed E-state index contributed by atoms with van der Waals surface area (Å²) in [7, 11) is 4.83. The van der Waals surface area contributed by atoms with Crippen molar-refractivity contribution in [1.82, 2.24) is 4.90 Å². The third kappa shape index (κ3) is 4.25. The van der Waals surface area contributed by atoms with Gasteiger partial charge in [-0.2, -0.15) is 0 Å². The van der Waals surface area contributed by atoms with E-state index in [1.807, 2.05) is 24.3 Å². The van der Waals surface area contributed by atoms with E-state index in [1.54, 1.807) is 26.2 Å². The van der Waals surface area contributed by atoms with Gasteiger partial charge in [-0.25, -0.2) is 0 Å². The van der Waals surface area contributed by atoms with Crippen LogP contribution in [-0.4, -0.2) is 44.9 Å². The number of amides is 1. The third-order valence-electron chi connectivity index (χ3n) is 2.39. The zero-order valence-electron chi connectivity index (χ0n) is 10.1. The number of likely N-dealkylation sites (N-methyl/N-ethyl adjacent to an activating group) is 1. The van der Waals surface area contributed by atoms with Gasteiger partial charge >= 0.3 is 0 Å². The van der Waals surface area contributed by atoms with Crippen molar-refractivity contribution in [2.24, 2.45) is 0 Å². The summed E-state index contributed by atoms with van der Waals surface area (Å²) in [5.41, 5.74) is 0.666. The predicted molar refractivity (Wildman–Crippen MR) is 73.9 cm³/mol. The van der Waals surface area contributed by atoms with Crippen molar-refractivity contribution >= 4 is 28.5 Å². The van der Waals surface area contributed by atoms with E-state index in [4.69, 9.17) is 9.47 Å². The first-order chi connectivity index (χ1) is 8.08. The Morgan fingerprint density at radius 1 is 1.29 bits per heavy atom. The van der Waals surface area contributed by atoms with Crippen LogP contribution in [0, 0.1) is 3.57 Å². The summed E-state index contributed by atoms with van der Waals surface area (Å²) < 4.78 is 11.2. The van der Waals surface area contributed by atoms with Crippen molar-refractivity contribution in [3.8, 4) is 0 Å². The van der Waals surface area contributed by atoms with Gasteiger partial charge in [0, 0.05) is 30.4 Å². The van der Waals surface area contributed by atoms with Gasteiger partial charge in [0.15, 0.2) is 6.29 Å². The van der Waals surface area contributed by atoms with E-state index in [0.717, 1.165) is 3.57 Å². The van der Waals surface area contributed by atoms with Crippen molar-refractivity contribution in [2.75, 3.05) is 27.8 Å². The van der Waals surface area contributed by atoms with Crippen LogP contribution in [-0.2, 0) is 9.47 Å². The van der Waals surface area contributed by atoms with Crippen LogP contribution in [0.5, 0.6) is 0 Å². The van der Waals surface area contributed by atoms with Crippen LogP contribution in [0.1, 0.15) is 10.4 Å². The van der Waals surface area contributed by atoms with Gasteiger partial charge in [-0.15, -0.1) is 0 Å². The maximum Gasteiger partial charge on any atom is 0.253 e. The van der Waals surface area contributed by atoms with Gasteiger partial charge in [-0.1, -0.05) is 0 Å². The summed E-state index contributed by atoms with van der Waals surface area (Å²) >= 11 is 2.20. The molecule has 0 saturated carbocycles. The monoisotopic (exact) mass is 349 g/mol. The fraction of sp³-hybridized carbons (Fsp3) is 0.417. The number of carbonyl (C=O) groups is 1. The summed E-state index contributed by atoms with van der Waals surface area (Å²) in [6, 6.07) is 7.45. The molecule has 1 aromatic carbocycles. The van der Waals surface area contributed by atoms with Crippen molar-refractivity contribution in [1.29, 1.82) is 0 Å². The second-order valence-electron chi connectivity index (χ2n) is 3.59. The Kier molecular flexibility index (Phi) is 5.87. The number of rotatable bonds is 5. The van der Waals surface area contributed by atoms with Crippen molar-refractivity contribution in [3.63, 3.8) is 0 Å². The summed E-state index contributed by atoms with van der Waals surface area (Å²) in [6.45, 7) is 0.401. The van der Waals surface area contributed by atoms with E-state index < -0.39 is 6.29 Å². The first kappa shape index (κ1) is 14.4. The highest BCUT2D eigenvalue weighted by molar-refractivity contribution is 14.1. The maximum atomic E-state index is 12.0. The smallest absolute Gasteiger partial charge is 0.253 e. The van der Waals surface area contributed by atoms with Gasteiger partial charge in [0.05, 0.1) is 6.54 Å². The molecule has 0 aromatic heterocycles. The van der Waals surface area contributed by atoms with Crippen LogP contribution in [0.2, 0.25) is 0 Å². The van der Waals surface area contributed by atoms with Crippen LogP contribution >= 0.6 is 22.6 Å². The minimum atomic E-state index is -0.396. The zero-order valence-corrected chi connectivity index (χ0v) is 12.3. The third-order valence-corrected chi connectivity index (χ3v) is 3.11. The molecular formula is C12H16INO3. The van der Waals surface area contributed by atoms with Crippen molar-refractivity contribution in [3.05, 3.63) is 33.4 Å². The number of ether oxygens (including phenoxy) is 2. The maximum absolute atomic E-state index is 12.0. The van der Waals surface area contributed by atoms with E-state index >= 15 is 0 Å². The molecule has 0 atom stereocenters. The molecule has 0 aliphatic heterocycles. The number of nitrogens with zero attached hydrogens (tertiary/aromatic N) is 1. The molecule has 0 aliphatic rings. The molecule has 4 nitrogen and oxygen atoms in total. The van der Waals surface area contributed by atoms with Crippen LogP contribution < -0.4 is 0 Å². The van der Waals surface area contributed by atoms with Gasteiger partial charge in [-0.3, -0.25) is 4.79 Å². The highest BCUT2D eigenvalue weighted by Gasteiger charge is 2.16. The van der Waals surface area contributed by atoms with Gasteiger partial charge in [0.25, 0.3) is 5.91 Å². The number of hydrogen-bond acceptors (Lipinski definition) is 3. The summed E-state index contributed by atoms with van der Waals surface area (Å²) in [5.74, 6) is -0.0412. The SMILES string of the molecule is COC(CN(C)C(=O)c1ccc(I)cc1)OC. The predicted octanol–water partition coefficient (Wildman–Crippen LogP) is 1.98. The van der Waals surface area contributed by atoms with Crippen molar-refractivity contribution in [2.45, 2.75) is 6.29 Å². The van der Waals surface area contributed by atoms with Gasteiger partial charge in [0.1, 0.15) is 0 Å². The van der Waals surface area contributed by atoms with E-state index in [0.29, 0.717) is 12.1 Å². The minimum absolute atomic E-state index is 0.0412. The molecule has 0 heterocycles. The Balaban J connectivity index is 2.66. The number of halogens is 1. The lowest BCUT2D eigenvalue weighted by atomic mass is 10.2. The fourth-order valence-electron chi connectivity index (χ4n) is 1.36. The molecule has 1 rings (SSSR count). The summed E-state index contributed by atoms with van der Waals surface area (Å²) in [4.78, 5) is 13.6. The van der Waals surface area contributed by atoms with Gasteiger partial charge in [0.2, 0.25) is 0 Å². The molecule has 17 heavy (non-hydrogen) atoms. The Labute approximate surface area is 115 Å². The molecule has 0 fully saturated rings. The van der Waals surface area contributed by atoms with E-state index in [-0.39, 0.29) is 5.91 Å². The lowest BCUT2D eigenvalue weighted by Gasteiger charge is -2.22. The van der Waals surface area contributed by atoms with E-state index in [2.05, 4.69) is 22.6 Å². The molecule has 0 aliphatic carbocycles. The second kappa shape index (κ2) is 6.93. The van der Waals surface area contributed by atoms with Gasteiger partial charge in [-0.05, 0) is 46.9 Å². The standard InChI is InChI=1S/C12H16INO3/c1-14(8-11(16-2)17-3)12(15)9-4-6-10(13)7-5-9/h4-7,11H,8H2,1-3H3. The van der Waals surface area contributed by atoms with Gasteiger partial charge < -0.3 is 14.4 Å². The minimum Gasteiger partial charge on any atom is -0.354 e. The summed E-state index contributed by atoms with van der Waals surface area (Å²) in [5, 5.41) is 0. The quantitative estimate of drug-likeness (QED) is 0.603. The van der Waals surface area contributed by atoms with Crippen LogP contribution in [0.15, 0.2) is 24.3 Å². The first-order valence-electron chi connectivity index (χ1n) is 5.15. The molecular weight excluding hydrogens is 333 g/mol. The fourth-order valence-corrected chi connectivity index (χ4v) is 1.72. The Morgan fingerprint density at radius 2 is 1.82 bits per heavy atom. The molecule has 1 aromatic rings. The largest absolute Gasteiger partial charge is 0.354 e. The van der Waals surface area contributed by atoms with Crippen LogP contribution in [0.3, 0.4) is 0 Å². The lowest BCUT2D eigenvalue weighted by Crippen LogP contribution is -2.36. The number of methoxy groups -OCH3 is 2. The number of carbonyl (C=O) groups excluding carboxylic acids is 1. The molecule has 0 saturated heterocycles. The molecule has 0 radical (unpaired) electrons. The molecule has 1 amide bonds. The molecule has 94 valence electrons. The van der Waals surface area contributed by atoms with Crippen molar-refractivity contribution < 1.29 is 14.3 Å². The molecule has 0 unspecified atom stereocenters. The number of hydrogen-bond donors (Lipinski definition) is 0. The van der Waals surface area contributed by atoms with Crippen LogP contribution in [0.4, 0.5) is 0 Å². The number of benzene rings is 1. The van der Waals surface area contributed by atoms with E-state index in [9.17, 15) is 4.79 Å². The first-order valence-corrected chi connectivity index (χ1v) is 6.23. The highest BCUT2D eigenvalue weighted by Crippen LogP contribution is 2.09. The Bertz CT molecular complexity index is 363. The molecule has 0 spiro atoms.